The van der Waals surface area contributed by atoms with Crippen molar-refractivity contribution in [1.82, 2.24) is 0 Å². The van der Waals surface area contributed by atoms with Crippen LogP contribution in [-0.2, 0) is 14.3 Å². The minimum atomic E-state index is -0.941. The lowest BCUT2D eigenvalue weighted by molar-refractivity contribution is -0.157. The van der Waals surface area contributed by atoms with Crippen LogP contribution in [0.1, 0.15) is 45.4 Å². The van der Waals surface area contributed by atoms with Gasteiger partial charge in [0.25, 0.3) is 5.91 Å². The molecule has 0 atom stereocenters. The van der Waals surface area contributed by atoms with Crippen LogP contribution in [0.25, 0.3) is 0 Å². The Balaban J connectivity index is 2.24. The number of primary amides is 1. The van der Waals surface area contributed by atoms with Gasteiger partial charge in [-0.3, -0.25) is 9.59 Å². The first-order valence-electron chi connectivity index (χ1n) is 5.12. The van der Waals surface area contributed by atoms with Gasteiger partial charge in [0.2, 0.25) is 0 Å². The second kappa shape index (κ2) is 4.44. The molecule has 14 heavy (non-hydrogen) atoms. The van der Waals surface area contributed by atoms with Crippen molar-refractivity contribution >= 4 is 11.9 Å². The Morgan fingerprint density at radius 2 is 2.00 bits per heavy atom. The molecule has 1 saturated carbocycles. The number of nitrogens with two attached hydrogens (primary N) is 1. The van der Waals surface area contributed by atoms with Gasteiger partial charge in [0.1, 0.15) is 0 Å². The summed E-state index contributed by atoms with van der Waals surface area (Å²) < 4.78 is 5.04. The number of amides is 1. The predicted molar refractivity (Wildman–Crippen MR) is 51.4 cm³/mol. The number of unbranched alkanes of at least 4 members (excludes halogenated alkanes) is 2. The summed E-state index contributed by atoms with van der Waals surface area (Å²) in [6.45, 7) is 2.07. The molecule has 0 aromatic heterocycles. The van der Waals surface area contributed by atoms with Gasteiger partial charge >= 0.3 is 5.97 Å². The molecular weight excluding hydrogens is 182 g/mol. The van der Waals surface area contributed by atoms with E-state index in [0.717, 1.165) is 19.3 Å². The Labute approximate surface area is 83.8 Å². The monoisotopic (exact) mass is 199 g/mol. The third kappa shape index (κ3) is 2.72. The smallest absolute Gasteiger partial charge is 0.306 e. The molecule has 0 bridgehead atoms. The first kappa shape index (κ1) is 11.0. The molecule has 1 aliphatic carbocycles. The molecule has 0 radical (unpaired) electrons. The van der Waals surface area contributed by atoms with Crippen LogP contribution < -0.4 is 5.73 Å². The van der Waals surface area contributed by atoms with Crippen molar-refractivity contribution in [2.75, 3.05) is 0 Å². The van der Waals surface area contributed by atoms with Crippen molar-refractivity contribution in [3.05, 3.63) is 0 Å². The quantitative estimate of drug-likeness (QED) is 0.515. The molecule has 0 spiro atoms. The molecule has 0 aromatic rings. The minimum Gasteiger partial charge on any atom is -0.449 e. The molecule has 4 heteroatoms. The predicted octanol–water partition coefficient (Wildman–Crippen LogP) is 1.13. The third-order valence-electron chi connectivity index (χ3n) is 2.45. The first-order chi connectivity index (χ1) is 6.60. The van der Waals surface area contributed by atoms with E-state index >= 15 is 0 Å². The molecule has 0 aromatic carbocycles. The molecule has 0 saturated heterocycles. The van der Waals surface area contributed by atoms with Crippen molar-refractivity contribution in [3.8, 4) is 0 Å². The van der Waals surface area contributed by atoms with Crippen LogP contribution in [0.15, 0.2) is 0 Å². The molecule has 80 valence electrons. The summed E-state index contributed by atoms with van der Waals surface area (Å²) in [7, 11) is 0. The zero-order chi connectivity index (χ0) is 10.6. The second-order valence-corrected chi connectivity index (χ2v) is 3.79. The minimum absolute atomic E-state index is 0.297. The van der Waals surface area contributed by atoms with Crippen LogP contribution in [-0.4, -0.2) is 17.5 Å². The van der Waals surface area contributed by atoms with Crippen LogP contribution in [0.5, 0.6) is 0 Å². The number of esters is 1. The number of ether oxygens (including phenoxy) is 1. The van der Waals surface area contributed by atoms with Crippen LogP contribution in [0.2, 0.25) is 0 Å². The van der Waals surface area contributed by atoms with Gasteiger partial charge in [-0.05, 0) is 6.42 Å². The number of hydrogen-bond donors (Lipinski definition) is 1. The van der Waals surface area contributed by atoms with Gasteiger partial charge in [-0.25, -0.2) is 0 Å². The number of hydrogen-bond acceptors (Lipinski definition) is 3. The third-order valence-corrected chi connectivity index (χ3v) is 2.45. The summed E-state index contributed by atoms with van der Waals surface area (Å²) in [6, 6.07) is 0. The summed E-state index contributed by atoms with van der Waals surface area (Å²) >= 11 is 0. The van der Waals surface area contributed by atoms with E-state index in [1.54, 1.807) is 0 Å². The van der Waals surface area contributed by atoms with Crippen molar-refractivity contribution in [1.29, 1.82) is 0 Å². The van der Waals surface area contributed by atoms with Gasteiger partial charge in [0.05, 0.1) is 0 Å². The van der Waals surface area contributed by atoms with Gasteiger partial charge < -0.3 is 10.5 Å². The van der Waals surface area contributed by atoms with Crippen LogP contribution >= 0.6 is 0 Å². The lowest BCUT2D eigenvalue weighted by Crippen LogP contribution is -2.35. The van der Waals surface area contributed by atoms with Crippen LogP contribution in [0.4, 0.5) is 0 Å². The van der Waals surface area contributed by atoms with E-state index in [4.69, 9.17) is 10.5 Å². The van der Waals surface area contributed by atoms with Crippen molar-refractivity contribution in [3.63, 3.8) is 0 Å². The van der Waals surface area contributed by atoms with Gasteiger partial charge in [0, 0.05) is 19.3 Å². The molecular formula is C10H17NO3. The van der Waals surface area contributed by atoms with Gasteiger partial charge in [-0.15, -0.1) is 0 Å². The Morgan fingerprint density at radius 3 is 2.43 bits per heavy atom. The standard InChI is InChI=1S/C10H17NO3/c1-2-3-4-5-8(12)14-10(6-7-10)9(11)13/h2-7H2,1H3,(H2,11,13). The summed E-state index contributed by atoms with van der Waals surface area (Å²) in [5, 5.41) is 0. The molecule has 4 nitrogen and oxygen atoms in total. The average molecular weight is 199 g/mol. The highest BCUT2D eigenvalue weighted by molar-refractivity contribution is 5.89. The van der Waals surface area contributed by atoms with E-state index in [0.29, 0.717) is 19.3 Å². The largest absolute Gasteiger partial charge is 0.449 e. The van der Waals surface area contributed by atoms with Gasteiger partial charge in [-0.1, -0.05) is 19.8 Å². The SMILES string of the molecule is CCCCCC(=O)OC1(C(N)=O)CC1. The van der Waals surface area contributed by atoms with Gasteiger partial charge in [0.15, 0.2) is 5.60 Å². The van der Waals surface area contributed by atoms with Crippen LogP contribution in [0, 0.1) is 0 Å². The Bertz CT molecular complexity index is 234. The Kier molecular flexibility index (Phi) is 3.49. The number of carbonyl (C=O) groups excluding carboxylic acids is 2. The average Bonchev–Trinajstić information content (AvgIpc) is 2.86. The lowest BCUT2D eigenvalue weighted by Gasteiger charge is -2.12. The highest BCUT2D eigenvalue weighted by Crippen LogP contribution is 2.39. The second-order valence-electron chi connectivity index (χ2n) is 3.79. The van der Waals surface area contributed by atoms with Crippen molar-refractivity contribution in [2.45, 2.75) is 51.0 Å². The molecule has 0 unspecified atom stereocenters. The first-order valence-corrected chi connectivity index (χ1v) is 5.12. The zero-order valence-electron chi connectivity index (χ0n) is 8.54. The molecule has 1 fully saturated rings. The van der Waals surface area contributed by atoms with E-state index < -0.39 is 11.5 Å². The highest BCUT2D eigenvalue weighted by Gasteiger charge is 2.52. The van der Waals surface area contributed by atoms with Crippen LogP contribution in [0.3, 0.4) is 0 Å². The number of carbonyl (C=O) groups is 2. The van der Waals surface area contributed by atoms with E-state index in [-0.39, 0.29) is 5.97 Å². The zero-order valence-corrected chi connectivity index (χ0v) is 8.54. The number of rotatable bonds is 6. The summed E-state index contributed by atoms with van der Waals surface area (Å²) in [5.41, 5.74) is 4.18. The topological polar surface area (TPSA) is 69.4 Å². The summed E-state index contributed by atoms with van der Waals surface area (Å²) in [6.07, 6.45) is 4.46. The van der Waals surface area contributed by atoms with Crippen molar-refractivity contribution in [2.24, 2.45) is 5.73 Å². The summed E-state index contributed by atoms with van der Waals surface area (Å²) in [5.74, 6) is -0.809. The molecule has 1 amide bonds. The van der Waals surface area contributed by atoms with E-state index in [2.05, 4.69) is 6.92 Å². The molecule has 2 N–H and O–H groups in total. The summed E-state index contributed by atoms with van der Waals surface area (Å²) in [4.78, 5) is 22.1. The van der Waals surface area contributed by atoms with Gasteiger partial charge in [-0.2, -0.15) is 0 Å². The molecule has 1 rings (SSSR count). The maximum atomic E-state index is 11.2. The maximum absolute atomic E-state index is 11.2. The molecule has 0 heterocycles. The van der Waals surface area contributed by atoms with E-state index in [1.165, 1.54) is 0 Å². The Hall–Kier alpha value is -1.06. The normalized spacial score (nSPS) is 17.5. The fourth-order valence-corrected chi connectivity index (χ4v) is 1.30. The highest BCUT2D eigenvalue weighted by atomic mass is 16.6. The molecule has 1 aliphatic rings. The fourth-order valence-electron chi connectivity index (χ4n) is 1.30. The van der Waals surface area contributed by atoms with E-state index in [1.807, 2.05) is 0 Å². The maximum Gasteiger partial charge on any atom is 0.306 e. The molecule has 0 aliphatic heterocycles. The lowest BCUT2D eigenvalue weighted by atomic mass is 10.2. The van der Waals surface area contributed by atoms with E-state index in [9.17, 15) is 9.59 Å². The Morgan fingerprint density at radius 1 is 1.36 bits per heavy atom. The fraction of sp³-hybridized carbons (Fsp3) is 0.800. The van der Waals surface area contributed by atoms with Crippen molar-refractivity contribution < 1.29 is 14.3 Å².